The molecule has 2 heterocycles. The summed E-state index contributed by atoms with van der Waals surface area (Å²) in [7, 11) is 0. The molecule has 2 aliphatic rings. The van der Waals surface area contributed by atoms with Crippen molar-refractivity contribution in [3.05, 3.63) is 77.0 Å². The number of carbonyl (C=O) groups is 4. The van der Waals surface area contributed by atoms with E-state index in [1.54, 1.807) is 24.3 Å². The smallest absolute Gasteiger partial charge is 0.338 e. The van der Waals surface area contributed by atoms with Gasteiger partial charge < -0.3 is 10.1 Å². The quantitative estimate of drug-likeness (QED) is 0.407. The number of amides is 3. The Labute approximate surface area is 212 Å². The SMILES string of the molecule is N#Cc1cnn(-c2ccccc2)c1NC(=O)COC(=O)c1ccc2c(c1)C(=O)N(C1CCCCC1)C2=O. The number of benzene rings is 2. The Kier molecular flexibility index (Phi) is 6.51. The Hall–Kier alpha value is -4.78. The Morgan fingerprint density at radius 1 is 1.03 bits per heavy atom. The van der Waals surface area contributed by atoms with Crippen molar-refractivity contribution in [3.8, 4) is 11.8 Å². The standard InChI is InChI=1S/C27H23N5O5/c28-14-18-15-29-32(20-9-5-2-6-10-20)24(18)30-23(33)16-37-27(36)17-11-12-21-22(13-17)26(35)31(25(21)34)19-7-3-1-4-8-19/h2,5-6,9-13,15,19H,1,3-4,7-8,16H2,(H,30,33). The van der Waals surface area contributed by atoms with Crippen LogP contribution in [0.3, 0.4) is 0 Å². The summed E-state index contributed by atoms with van der Waals surface area (Å²) in [5, 5.41) is 16.1. The lowest BCUT2D eigenvalue weighted by atomic mass is 9.94. The minimum absolute atomic E-state index is 0.0604. The molecule has 0 unspecified atom stereocenters. The molecule has 1 saturated carbocycles. The average Bonchev–Trinajstić information content (AvgIpc) is 3.45. The molecule has 1 N–H and O–H groups in total. The number of imide groups is 1. The molecule has 37 heavy (non-hydrogen) atoms. The summed E-state index contributed by atoms with van der Waals surface area (Å²) < 4.78 is 6.55. The molecule has 1 fully saturated rings. The zero-order valence-corrected chi connectivity index (χ0v) is 19.8. The van der Waals surface area contributed by atoms with Crippen LogP contribution in [0, 0.1) is 11.3 Å². The summed E-state index contributed by atoms with van der Waals surface area (Å²) in [4.78, 5) is 52.4. The molecule has 0 atom stereocenters. The Bertz CT molecular complexity index is 1430. The highest BCUT2D eigenvalue weighted by molar-refractivity contribution is 6.22. The number of fused-ring (bicyclic) bond motifs is 1. The largest absolute Gasteiger partial charge is 0.452 e. The first-order chi connectivity index (χ1) is 18.0. The van der Waals surface area contributed by atoms with Gasteiger partial charge in [0.1, 0.15) is 11.6 Å². The first kappa shape index (κ1) is 23.9. The van der Waals surface area contributed by atoms with E-state index >= 15 is 0 Å². The van der Waals surface area contributed by atoms with Crippen LogP contribution in [-0.2, 0) is 9.53 Å². The van der Waals surface area contributed by atoms with Crippen molar-refractivity contribution in [3.63, 3.8) is 0 Å². The first-order valence-electron chi connectivity index (χ1n) is 12.0. The summed E-state index contributed by atoms with van der Waals surface area (Å²) in [6, 6.07) is 15.0. The minimum atomic E-state index is -0.814. The number of rotatable bonds is 6. The van der Waals surface area contributed by atoms with Crippen molar-refractivity contribution in [1.82, 2.24) is 14.7 Å². The highest BCUT2D eigenvalue weighted by Crippen LogP contribution is 2.31. The Morgan fingerprint density at radius 3 is 2.49 bits per heavy atom. The fraction of sp³-hybridized carbons (Fsp3) is 0.259. The number of nitriles is 1. The zero-order chi connectivity index (χ0) is 25.9. The van der Waals surface area contributed by atoms with E-state index in [0.717, 1.165) is 32.1 Å². The molecule has 5 rings (SSSR count). The van der Waals surface area contributed by atoms with E-state index in [4.69, 9.17) is 4.74 Å². The molecule has 0 spiro atoms. The van der Waals surface area contributed by atoms with Crippen molar-refractivity contribution >= 4 is 29.5 Å². The predicted molar refractivity (Wildman–Crippen MR) is 131 cm³/mol. The maximum atomic E-state index is 13.0. The van der Waals surface area contributed by atoms with Gasteiger partial charge >= 0.3 is 5.97 Å². The topological polar surface area (TPSA) is 134 Å². The molecular weight excluding hydrogens is 474 g/mol. The molecule has 3 amide bonds. The van der Waals surface area contributed by atoms with Crippen molar-refractivity contribution in [2.75, 3.05) is 11.9 Å². The summed E-state index contributed by atoms with van der Waals surface area (Å²) in [5.74, 6) is -2.07. The van der Waals surface area contributed by atoms with Crippen LogP contribution in [0.4, 0.5) is 5.82 Å². The first-order valence-corrected chi connectivity index (χ1v) is 12.0. The van der Waals surface area contributed by atoms with Gasteiger partial charge in [-0.05, 0) is 43.2 Å². The van der Waals surface area contributed by atoms with Crippen LogP contribution in [0.25, 0.3) is 5.69 Å². The second-order valence-electron chi connectivity index (χ2n) is 8.92. The third-order valence-electron chi connectivity index (χ3n) is 6.58. The monoisotopic (exact) mass is 497 g/mol. The minimum Gasteiger partial charge on any atom is -0.452 e. The second kappa shape index (κ2) is 10.1. The van der Waals surface area contributed by atoms with Gasteiger partial charge in [-0.25, -0.2) is 9.48 Å². The van der Waals surface area contributed by atoms with Crippen LogP contribution < -0.4 is 5.32 Å². The fourth-order valence-corrected chi connectivity index (χ4v) is 4.76. The van der Waals surface area contributed by atoms with E-state index in [2.05, 4.69) is 10.4 Å². The van der Waals surface area contributed by atoms with E-state index in [-0.39, 0.29) is 40.0 Å². The molecule has 1 aliphatic heterocycles. The van der Waals surface area contributed by atoms with Crippen molar-refractivity contribution in [1.29, 1.82) is 5.26 Å². The summed E-state index contributed by atoms with van der Waals surface area (Å²) in [6.45, 7) is -0.623. The van der Waals surface area contributed by atoms with Gasteiger partial charge in [-0.3, -0.25) is 19.3 Å². The van der Waals surface area contributed by atoms with Crippen LogP contribution in [0.1, 0.15) is 68.7 Å². The normalized spacial score (nSPS) is 15.3. The number of aromatic nitrogens is 2. The third-order valence-corrected chi connectivity index (χ3v) is 6.58. The molecule has 0 radical (unpaired) electrons. The van der Waals surface area contributed by atoms with Gasteiger partial charge in [0.2, 0.25) is 0 Å². The number of ether oxygens (including phenoxy) is 1. The van der Waals surface area contributed by atoms with Crippen molar-refractivity contribution < 1.29 is 23.9 Å². The molecule has 0 saturated heterocycles. The number of hydrogen-bond donors (Lipinski definition) is 1. The van der Waals surface area contributed by atoms with Crippen molar-refractivity contribution in [2.24, 2.45) is 0 Å². The summed E-state index contributed by atoms with van der Waals surface area (Å²) in [5.41, 5.74) is 1.27. The average molecular weight is 498 g/mol. The molecule has 1 aliphatic carbocycles. The van der Waals surface area contributed by atoms with Crippen molar-refractivity contribution in [2.45, 2.75) is 38.1 Å². The Morgan fingerprint density at radius 2 is 1.76 bits per heavy atom. The molecule has 0 bridgehead atoms. The lowest BCUT2D eigenvalue weighted by Crippen LogP contribution is -2.40. The maximum absolute atomic E-state index is 13.0. The fourth-order valence-electron chi connectivity index (χ4n) is 4.76. The number of esters is 1. The number of anilines is 1. The van der Waals surface area contributed by atoms with Gasteiger partial charge in [-0.2, -0.15) is 10.4 Å². The molecule has 10 heteroatoms. The van der Waals surface area contributed by atoms with Gasteiger partial charge in [0.25, 0.3) is 17.7 Å². The number of para-hydroxylation sites is 1. The van der Waals surface area contributed by atoms with Gasteiger partial charge in [0.05, 0.1) is 28.6 Å². The van der Waals surface area contributed by atoms with E-state index in [0.29, 0.717) is 5.69 Å². The number of carbonyl (C=O) groups excluding carboxylic acids is 4. The van der Waals surface area contributed by atoms with E-state index in [1.165, 1.54) is 34.0 Å². The number of nitrogens with zero attached hydrogens (tertiary/aromatic N) is 4. The lowest BCUT2D eigenvalue weighted by Gasteiger charge is -2.29. The molecule has 10 nitrogen and oxygen atoms in total. The predicted octanol–water partition coefficient (Wildman–Crippen LogP) is 3.47. The third kappa shape index (κ3) is 4.59. The molecule has 1 aromatic heterocycles. The number of hydrogen-bond acceptors (Lipinski definition) is 7. The van der Waals surface area contributed by atoms with Crippen LogP contribution in [0.5, 0.6) is 0 Å². The van der Waals surface area contributed by atoms with Crippen LogP contribution in [-0.4, -0.2) is 51.0 Å². The molecule has 2 aromatic carbocycles. The van der Waals surface area contributed by atoms with Crippen LogP contribution in [0.2, 0.25) is 0 Å². The van der Waals surface area contributed by atoms with Gasteiger partial charge in [-0.15, -0.1) is 0 Å². The lowest BCUT2D eigenvalue weighted by molar-refractivity contribution is -0.119. The summed E-state index contributed by atoms with van der Waals surface area (Å²) >= 11 is 0. The molecule has 186 valence electrons. The number of nitrogens with one attached hydrogen (secondary N) is 1. The van der Waals surface area contributed by atoms with E-state index < -0.39 is 24.4 Å². The maximum Gasteiger partial charge on any atom is 0.338 e. The summed E-state index contributed by atoms with van der Waals surface area (Å²) in [6.07, 6.45) is 5.93. The van der Waals surface area contributed by atoms with Crippen LogP contribution >= 0.6 is 0 Å². The van der Waals surface area contributed by atoms with Crippen LogP contribution in [0.15, 0.2) is 54.7 Å². The van der Waals surface area contributed by atoms with Gasteiger partial charge in [0, 0.05) is 6.04 Å². The highest BCUT2D eigenvalue weighted by Gasteiger charge is 2.40. The molecular formula is C27H23N5O5. The van der Waals surface area contributed by atoms with E-state index in [9.17, 15) is 24.4 Å². The zero-order valence-electron chi connectivity index (χ0n) is 19.8. The highest BCUT2D eigenvalue weighted by atomic mass is 16.5. The Balaban J connectivity index is 1.26. The van der Waals surface area contributed by atoms with Gasteiger partial charge in [-0.1, -0.05) is 37.5 Å². The van der Waals surface area contributed by atoms with E-state index in [1.807, 2.05) is 12.1 Å². The molecule has 3 aromatic rings. The van der Waals surface area contributed by atoms with Gasteiger partial charge in [0.15, 0.2) is 12.4 Å². The second-order valence-corrected chi connectivity index (χ2v) is 8.92.